The highest BCUT2D eigenvalue weighted by molar-refractivity contribution is 5.97. The molecule has 0 spiro atoms. The molecule has 0 fully saturated rings. The molecule has 3 heteroatoms. The maximum Gasteiger partial charge on any atom is 0.170 e. The molecular weight excluding hydrogens is 236 g/mol. The minimum Gasteiger partial charge on any atom is -0.338 e. The van der Waals surface area contributed by atoms with Gasteiger partial charge < -0.3 is 4.57 Å². The fourth-order valence-electron chi connectivity index (χ4n) is 1.97. The second-order valence-electron chi connectivity index (χ2n) is 5.88. The average Bonchev–Trinajstić information content (AvgIpc) is 2.74. The number of carbonyl (C=O) groups is 1. The highest BCUT2D eigenvalue weighted by atomic mass is 16.1. The molecule has 2 aromatic rings. The molecule has 0 aliphatic heterocycles. The normalized spacial score (nSPS) is 11.6. The molecule has 2 rings (SSSR count). The Morgan fingerprint density at radius 1 is 1.21 bits per heavy atom. The first-order valence-corrected chi connectivity index (χ1v) is 6.48. The van der Waals surface area contributed by atoms with E-state index in [1.54, 1.807) is 6.20 Å². The van der Waals surface area contributed by atoms with Crippen LogP contribution in [0.2, 0.25) is 0 Å². The van der Waals surface area contributed by atoms with Crippen molar-refractivity contribution < 1.29 is 4.79 Å². The van der Waals surface area contributed by atoms with E-state index in [9.17, 15) is 4.79 Å². The zero-order valence-corrected chi connectivity index (χ0v) is 12.0. The number of nitrogens with zero attached hydrogens (tertiary/aromatic N) is 2. The fourth-order valence-corrected chi connectivity index (χ4v) is 1.97. The Kier molecular flexibility index (Phi) is 3.56. The third-order valence-corrected chi connectivity index (χ3v) is 3.31. The number of Topliss-reactive ketones (excluding diaryl/α,β-unsaturated/α-hetero) is 1. The predicted molar refractivity (Wildman–Crippen MR) is 76.4 cm³/mol. The van der Waals surface area contributed by atoms with Crippen LogP contribution in [0.15, 0.2) is 36.7 Å². The highest BCUT2D eigenvalue weighted by Gasteiger charge is 2.15. The number of rotatable bonds is 3. The number of carbonyl (C=O) groups excluding carboxylic acids is 1. The van der Waals surface area contributed by atoms with E-state index in [-0.39, 0.29) is 11.2 Å². The summed E-state index contributed by atoms with van der Waals surface area (Å²) in [5.41, 5.74) is 2.10. The summed E-state index contributed by atoms with van der Waals surface area (Å²) in [5, 5.41) is 0. The quantitative estimate of drug-likeness (QED) is 0.791. The van der Waals surface area contributed by atoms with Crippen LogP contribution < -0.4 is 0 Å². The van der Waals surface area contributed by atoms with Gasteiger partial charge in [0.25, 0.3) is 0 Å². The second kappa shape index (κ2) is 5.00. The number of aryl methyl sites for hydroxylation is 1. The van der Waals surface area contributed by atoms with E-state index in [1.165, 1.54) is 5.56 Å². The van der Waals surface area contributed by atoms with Crippen LogP contribution in [0.1, 0.15) is 42.5 Å². The minimum atomic E-state index is 0.106. The summed E-state index contributed by atoms with van der Waals surface area (Å²) in [4.78, 5) is 16.4. The van der Waals surface area contributed by atoms with E-state index in [1.807, 2.05) is 42.1 Å². The van der Waals surface area contributed by atoms with Crippen LogP contribution in [0.25, 0.3) is 0 Å². The summed E-state index contributed by atoms with van der Waals surface area (Å²) >= 11 is 0. The van der Waals surface area contributed by atoms with Crippen molar-refractivity contribution >= 4 is 5.78 Å². The lowest BCUT2D eigenvalue weighted by atomic mass is 9.86. The van der Waals surface area contributed by atoms with Gasteiger partial charge in [-0.2, -0.15) is 0 Å². The molecule has 0 radical (unpaired) electrons. The van der Waals surface area contributed by atoms with Crippen molar-refractivity contribution in [2.45, 2.75) is 32.6 Å². The van der Waals surface area contributed by atoms with E-state index in [0.29, 0.717) is 6.42 Å². The Hall–Kier alpha value is -1.90. The standard InChI is InChI=1S/C16H20N2O/c1-16(2,3)13-7-5-12(6-8-13)14(19)11-15-17-9-10-18(15)4/h5-10H,11H2,1-4H3. The third kappa shape index (κ3) is 3.11. The van der Waals surface area contributed by atoms with Crippen LogP contribution in [-0.4, -0.2) is 15.3 Å². The van der Waals surface area contributed by atoms with E-state index in [4.69, 9.17) is 0 Å². The Balaban J connectivity index is 2.14. The molecule has 0 aliphatic rings. The molecule has 100 valence electrons. The highest BCUT2D eigenvalue weighted by Crippen LogP contribution is 2.22. The number of benzene rings is 1. The van der Waals surface area contributed by atoms with Crippen molar-refractivity contribution in [1.82, 2.24) is 9.55 Å². The van der Waals surface area contributed by atoms with Crippen molar-refractivity contribution in [3.8, 4) is 0 Å². The summed E-state index contributed by atoms with van der Waals surface area (Å²) in [6.07, 6.45) is 3.91. The number of hydrogen-bond acceptors (Lipinski definition) is 2. The number of ketones is 1. The lowest BCUT2D eigenvalue weighted by molar-refractivity contribution is 0.0990. The maximum absolute atomic E-state index is 12.2. The number of imidazole rings is 1. The molecule has 0 N–H and O–H groups in total. The molecule has 0 aliphatic carbocycles. The predicted octanol–water partition coefficient (Wildman–Crippen LogP) is 3.14. The van der Waals surface area contributed by atoms with E-state index < -0.39 is 0 Å². The first kappa shape index (κ1) is 13.5. The Morgan fingerprint density at radius 3 is 2.32 bits per heavy atom. The van der Waals surface area contributed by atoms with Gasteiger partial charge in [-0.05, 0) is 11.0 Å². The topological polar surface area (TPSA) is 34.9 Å². The van der Waals surface area contributed by atoms with Crippen molar-refractivity contribution in [3.63, 3.8) is 0 Å². The largest absolute Gasteiger partial charge is 0.338 e. The zero-order chi connectivity index (χ0) is 14.0. The summed E-state index contributed by atoms with van der Waals surface area (Å²) in [6, 6.07) is 7.88. The van der Waals surface area contributed by atoms with Gasteiger partial charge >= 0.3 is 0 Å². The molecule has 0 saturated heterocycles. The molecule has 1 aromatic heterocycles. The van der Waals surface area contributed by atoms with Gasteiger partial charge in [-0.1, -0.05) is 45.0 Å². The Labute approximate surface area is 114 Å². The summed E-state index contributed by atoms with van der Waals surface area (Å²) in [5.74, 6) is 0.902. The molecule has 0 atom stereocenters. The Morgan fingerprint density at radius 2 is 1.84 bits per heavy atom. The number of aromatic nitrogens is 2. The molecule has 1 heterocycles. The van der Waals surface area contributed by atoms with Crippen LogP contribution in [0.3, 0.4) is 0 Å². The van der Waals surface area contributed by atoms with Gasteiger partial charge in [0.15, 0.2) is 5.78 Å². The fraction of sp³-hybridized carbons (Fsp3) is 0.375. The zero-order valence-electron chi connectivity index (χ0n) is 12.0. The third-order valence-electron chi connectivity index (χ3n) is 3.31. The van der Waals surface area contributed by atoms with E-state index in [0.717, 1.165) is 11.4 Å². The minimum absolute atomic E-state index is 0.106. The first-order valence-electron chi connectivity index (χ1n) is 6.48. The van der Waals surface area contributed by atoms with Gasteiger partial charge in [0.1, 0.15) is 5.82 Å². The van der Waals surface area contributed by atoms with Crippen molar-refractivity contribution in [2.75, 3.05) is 0 Å². The monoisotopic (exact) mass is 256 g/mol. The molecule has 0 saturated carbocycles. The van der Waals surface area contributed by atoms with Crippen LogP contribution in [0, 0.1) is 0 Å². The van der Waals surface area contributed by atoms with Crippen molar-refractivity contribution in [1.29, 1.82) is 0 Å². The van der Waals surface area contributed by atoms with Gasteiger partial charge in [0.05, 0.1) is 6.42 Å². The van der Waals surface area contributed by atoms with Gasteiger partial charge in [-0.15, -0.1) is 0 Å². The average molecular weight is 256 g/mol. The van der Waals surface area contributed by atoms with E-state index >= 15 is 0 Å². The first-order chi connectivity index (χ1) is 8.88. The molecule has 1 aromatic carbocycles. The van der Waals surface area contributed by atoms with Gasteiger partial charge in [-0.25, -0.2) is 4.98 Å². The van der Waals surface area contributed by atoms with Crippen molar-refractivity contribution in [2.24, 2.45) is 7.05 Å². The molecule has 3 nitrogen and oxygen atoms in total. The van der Waals surface area contributed by atoms with Crippen LogP contribution in [0.5, 0.6) is 0 Å². The molecule has 0 bridgehead atoms. The lowest BCUT2D eigenvalue weighted by Crippen LogP contribution is -2.12. The summed E-state index contributed by atoms with van der Waals surface area (Å²) in [7, 11) is 1.90. The van der Waals surface area contributed by atoms with Gasteiger partial charge in [0, 0.05) is 25.0 Å². The van der Waals surface area contributed by atoms with E-state index in [2.05, 4.69) is 25.8 Å². The van der Waals surface area contributed by atoms with Gasteiger partial charge in [0.2, 0.25) is 0 Å². The SMILES string of the molecule is Cn1ccnc1CC(=O)c1ccc(C(C)(C)C)cc1. The summed E-state index contributed by atoms with van der Waals surface area (Å²) in [6.45, 7) is 6.49. The van der Waals surface area contributed by atoms with Gasteiger partial charge in [-0.3, -0.25) is 4.79 Å². The molecule has 0 amide bonds. The smallest absolute Gasteiger partial charge is 0.170 e. The summed E-state index contributed by atoms with van der Waals surface area (Å²) < 4.78 is 1.88. The molecule has 0 unspecified atom stereocenters. The molecular formula is C16H20N2O. The lowest BCUT2D eigenvalue weighted by Gasteiger charge is -2.18. The maximum atomic E-state index is 12.2. The van der Waals surface area contributed by atoms with Crippen molar-refractivity contribution in [3.05, 3.63) is 53.6 Å². The molecule has 19 heavy (non-hydrogen) atoms. The second-order valence-corrected chi connectivity index (χ2v) is 5.88. The van der Waals surface area contributed by atoms with Crippen LogP contribution >= 0.6 is 0 Å². The Bertz CT molecular complexity index is 574. The number of hydrogen-bond donors (Lipinski definition) is 0. The van der Waals surface area contributed by atoms with Crippen LogP contribution in [0.4, 0.5) is 0 Å². The van der Waals surface area contributed by atoms with Crippen LogP contribution in [-0.2, 0) is 18.9 Å².